The highest BCUT2D eigenvalue weighted by molar-refractivity contribution is 5.01. The summed E-state index contributed by atoms with van der Waals surface area (Å²) < 4.78 is 11.3. The lowest BCUT2D eigenvalue weighted by Gasteiger charge is -1.90. The van der Waals surface area contributed by atoms with Crippen molar-refractivity contribution in [3.8, 4) is 0 Å². The van der Waals surface area contributed by atoms with Gasteiger partial charge in [0.2, 0.25) is 0 Å². The Morgan fingerprint density at radius 3 is 1.65 bits per heavy atom. The standard InChI is InChI=1S/C21H32O2/c1-3-5-7-8-9-11-15-19-21(23-19)17-13-12-16-20-18(22-20)14-10-6-4-2/h3,6,9-13,18-21H,1,4-5,7-8,14-17H2,2H3/b10-6-,11-9-,13-12-/t18-,19-,20+,21+/m1/s1. The van der Waals surface area contributed by atoms with E-state index in [9.17, 15) is 0 Å². The van der Waals surface area contributed by atoms with Gasteiger partial charge in [0.25, 0.3) is 0 Å². The molecule has 2 aliphatic heterocycles. The molecule has 0 aromatic heterocycles. The summed E-state index contributed by atoms with van der Waals surface area (Å²) in [6.07, 6.45) is 26.1. The van der Waals surface area contributed by atoms with Gasteiger partial charge in [-0.25, -0.2) is 0 Å². The van der Waals surface area contributed by atoms with E-state index in [-0.39, 0.29) is 0 Å². The molecule has 0 unspecified atom stereocenters. The molecule has 0 spiro atoms. The molecule has 0 amide bonds. The Morgan fingerprint density at radius 1 is 0.696 bits per heavy atom. The summed E-state index contributed by atoms with van der Waals surface area (Å²) in [6.45, 7) is 5.90. The van der Waals surface area contributed by atoms with Crippen LogP contribution in [0, 0.1) is 0 Å². The average molecular weight is 316 g/mol. The molecule has 2 nitrogen and oxygen atoms in total. The van der Waals surface area contributed by atoms with E-state index >= 15 is 0 Å². The van der Waals surface area contributed by atoms with Crippen LogP contribution in [0.4, 0.5) is 0 Å². The Labute approximate surface area is 141 Å². The molecule has 2 fully saturated rings. The van der Waals surface area contributed by atoms with Crippen LogP contribution >= 0.6 is 0 Å². The summed E-state index contributed by atoms with van der Waals surface area (Å²) >= 11 is 0. The molecule has 0 bridgehead atoms. The number of rotatable bonds is 13. The van der Waals surface area contributed by atoms with Crippen LogP contribution in [0.2, 0.25) is 0 Å². The highest BCUT2D eigenvalue weighted by atomic mass is 16.6. The van der Waals surface area contributed by atoms with Crippen molar-refractivity contribution < 1.29 is 9.47 Å². The average Bonchev–Trinajstić information content (AvgIpc) is 3.45. The predicted octanol–water partition coefficient (Wildman–Crippen LogP) is 5.52. The van der Waals surface area contributed by atoms with E-state index in [2.05, 4.69) is 50.0 Å². The molecule has 23 heavy (non-hydrogen) atoms. The molecule has 0 N–H and O–H groups in total. The first-order valence-corrected chi connectivity index (χ1v) is 9.22. The van der Waals surface area contributed by atoms with Gasteiger partial charge in [0.15, 0.2) is 0 Å². The Hall–Kier alpha value is -1.12. The van der Waals surface area contributed by atoms with Crippen molar-refractivity contribution in [2.75, 3.05) is 0 Å². The molecule has 2 rings (SSSR count). The molecule has 128 valence electrons. The van der Waals surface area contributed by atoms with Crippen LogP contribution in [0.1, 0.15) is 58.3 Å². The fourth-order valence-corrected chi connectivity index (χ4v) is 2.77. The van der Waals surface area contributed by atoms with Gasteiger partial charge in [0.1, 0.15) is 0 Å². The minimum atomic E-state index is 0.437. The summed E-state index contributed by atoms with van der Waals surface area (Å²) in [5.41, 5.74) is 0. The molecule has 0 aromatic carbocycles. The number of unbranched alkanes of at least 4 members (excludes halogenated alkanes) is 2. The molecular formula is C21H32O2. The summed E-state index contributed by atoms with van der Waals surface area (Å²) in [7, 11) is 0. The van der Waals surface area contributed by atoms with Crippen molar-refractivity contribution in [1.29, 1.82) is 0 Å². The van der Waals surface area contributed by atoms with Crippen LogP contribution in [-0.4, -0.2) is 24.4 Å². The Kier molecular flexibility index (Phi) is 8.41. The zero-order valence-corrected chi connectivity index (χ0v) is 14.5. The fraction of sp³-hybridized carbons (Fsp3) is 0.619. The molecular weight excluding hydrogens is 284 g/mol. The highest BCUT2D eigenvalue weighted by Crippen LogP contribution is 2.31. The van der Waals surface area contributed by atoms with Gasteiger partial charge in [-0.1, -0.05) is 49.5 Å². The number of hydrogen-bond acceptors (Lipinski definition) is 2. The Morgan fingerprint density at radius 2 is 1.17 bits per heavy atom. The smallest absolute Gasteiger partial charge is 0.0879 e. The van der Waals surface area contributed by atoms with E-state index in [1.165, 1.54) is 6.42 Å². The van der Waals surface area contributed by atoms with Gasteiger partial charge in [0, 0.05) is 0 Å². The quantitative estimate of drug-likeness (QED) is 0.254. The second kappa shape index (κ2) is 10.6. The van der Waals surface area contributed by atoms with Crippen LogP contribution in [-0.2, 0) is 9.47 Å². The van der Waals surface area contributed by atoms with Crippen molar-refractivity contribution in [3.05, 3.63) is 49.1 Å². The summed E-state index contributed by atoms with van der Waals surface area (Å²) in [4.78, 5) is 0. The van der Waals surface area contributed by atoms with Crippen LogP contribution in [0.15, 0.2) is 49.1 Å². The first-order chi connectivity index (χ1) is 11.3. The second-order valence-corrected chi connectivity index (χ2v) is 6.41. The zero-order valence-electron chi connectivity index (χ0n) is 14.5. The minimum absolute atomic E-state index is 0.437. The normalized spacial score (nSPS) is 29.8. The number of allylic oxidation sites excluding steroid dienone is 3. The molecule has 2 saturated heterocycles. The topological polar surface area (TPSA) is 25.1 Å². The molecule has 2 heterocycles. The van der Waals surface area contributed by atoms with Gasteiger partial charge in [-0.15, -0.1) is 6.58 Å². The monoisotopic (exact) mass is 316 g/mol. The molecule has 0 aromatic rings. The van der Waals surface area contributed by atoms with Crippen LogP contribution in [0.25, 0.3) is 0 Å². The summed E-state index contributed by atoms with van der Waals surface area (Å²) in [5.74, 6) is 0. The summed E-state index contributed by atoms with van der Waals surface area (Å²) in [6, 6.07) is 0. The van der Waals surface area contributed by atoms with Gasteiger partial charge in [0.05, 0.1) is 24.4 Å². The van der Waals surface area contributed by atoms with E-state index in [0.29, 0.717) is 24.4 Å². The van der Waals surface area contributed by atoms with Crippen LogP contribution in [0.5, 0.6) is 0 Å². The van der Waals surface area contributed by atoms with Crippen LogP contribution < -0.4 is 0 Å². The maximum absolute atomic E-state index is 5.69. The van der Waals surface area contributed by atoms with E-state index in [0.717, 1.165) is 44.9 Å². The molecule has 0 saturated carbocycles. The maximum Gasteiger partial charge on any atom is 0.0879 e. The minimum Gasteiger partial charge on any atom is -0.369 e. The van der Waals surface area contributed by atoms with E-state index < -0.39 is 0 Å². The van der Waals surface area contributed by atoms with Gasteiger partial charge < -0.3 is 9.47 Å². The zero-order chi connectivity index (χ0) is 16.3. The lowest BCUT2D eigenvalue weighted by atomic mass is 10.1. The third-order valence-corrected chi connectivity index (χ3v) is 4.36. The van der Waals surface area contributed by atoms with Crippen LogP contribution in [0.3, 0.4) is 0 Å². The lowest BCUT2D eigenvalue weighted by molar-refractivity contribution is 0.369. The number of epoxide rings is 2. The third-order valence-electron chi connectivity index (χ3n) is 4.36. The van der Waals surface area contributed by atoms with Crippen molar-refractivity contribution in [1.82, 2.24) is 0 Å². The highest BCUT2D eigenvalue weighted by Gasteiger charge is 2.37. The van der Waals surface area contributed by atoms with Crippen molar-refractivity contribution in [2.45, 2.75) is 82.7 Å². The van der Waals surface area contributed by atoms with Crippen molar-refractivity contribution in [2.24, 2.45) is 0 Å². The molecule has 2 heteroatoms. The van der Waals surface area contributed by atoms with Crippen molar-refractivity contribution in [3.63, 3.8) is 0 Å². The molecule has 4 atom stereocenters. The van der Waals surface area contributed by atoms with E-state index in [4.69, 9.17) is 9.47 Å². The SMILES string of the molecule is C=CCCC/C=C\C[C@H]1O[C@H]1C/C=C\C[C@@H]1O[C@@H]1C/C=C\CC. The van der Waals surface area contributed by atoms with Gasteiger partial charge in [-0.2, -0.15) is 0 Å². The predicted molar refractivity (Wildman–Crippen MR) is 97.5 cm³/mol. The first-order valence-electron chi connectivity index (χ1n) is 9.22. The van der Waals surface area contributed by atoms with Gasteiger partial charge >= 0.3 is 0 Å². The van der Waals surface area contributed by atoms with Gasteiger partial charge in [-0.3, -0.25) is 0 Å². The third kappa shape index (κ3) is 7.81. The van der Waals surface area contributed by atoms with Crippen molar-refractivity contribution >= 4 is 0 Å². The Bertz CT molecular complexity index is 422. The number of hydrogen-bond donors (Lipinski definition) is 0. The molecule has 0 aliphatic carbocycles. The second-order valence-electron chi connectivity index (χ2n) is 6.41. The fourth-order valence-electron chi connectivity index (χ4n) is 2.77. The number of ether oxygens (including phenoxy) is 2. The summed E-state index contributed by atoms with van der Waals surface area (Å²) in [5, 5.41) is 0. The first kappa shape index (κ1) is 18.2. The van der Waals surface area contributed by atoms with Gasteiger partial charge in [-0.05, 0) is 51.4 Å². The van der Waals surface area contributed by atoms with E-state index in [1.54, 1.807) is 0 Å². The molecule has 0 radical (unpaired) electrons. The lowest BCUT2D eigenvalue weighted by Crippen LogP contribution is -1.92. The van der Waals surface area contributed by atoms with E-state index in [1.807, 2.05) is 6.08 Å². The largest absolute Gasteiger partial charge is 0.369 e. The maximum atomic E-state index is 5.69. The Balaban J connectivity index is 1.44. The molecule has 2 aliphatic rings.